The van der Waals surface area contributed by atoms with Gasteiger partial charge in [0.2, 0.25) is 0 Å². The third kappa shape index (κ3) is 4.11. The summed E-state index contributed by atoms with van der Waals surface area (Å²) in [6.45, 7) is 2.82. The molecule has 4 nitrogen and oxygen atoms in total. The predicted octanol–water partition coefficient (Wildman–Crippen LogP) is 2.80. The van der Waals surface area contributed by atoms with E-state index in [0.29, 0.717) is 5.56 Å². The summed E-state index contributed by atoms with van der Waals surface area (Å²) in [5.74, 6) is -0.796. The summed E-state index contributed by atoms with van der Waals surface area (Å²) in [7, 11) is 0. The first kappa shape index (κ1) is 16.5. The van der Waals surface area contributed by atoms with E-state index in [2.05, 4.69) is 22.3 Å². The van der Waals surface area contributed by atoms with Crippen LogP contribution in [-0.4, -0.2) is 29.9 Å². The molecular formula is C19H22FN3O. The Kier molecular flexibility index (Phi) is 5.11. The van der Waals surface area contributed by atoms with Gasteiger partial charge in [-0.3, -0.25) is 9.69 Å². The minimum absolute atomic E-state index is 0.0563. The lowest BCUT2D eigenvalue weighted by atomic mass is 10.0. The Morgan fingerprint density at radius 3 is 2.54 bits per heavy atom. The molecule has 1 aliphatic heterocycles. The number of carbonyl (C=O) groups is 1. The van der Waals surface area contributed by atoms with Gasteiger partial charge in [-0.05, 0) is 36.6 Å². The zero-order valence-electron chi connectivity index (χ0n) is 13.5. The normalized spacial score (nSPS) is 16.0. The van der Waals surface area contributed by atoms with Crippen LogP contribution in [0.25, 0.3) is 0 Å². The summed E-state index contributed by atoms with van der Waals surface area (Å²) in [6, 6.07) is 14.7. The molecule has 0 aliphatic carbocycles. The van der Waals surface area contributed by atoms with Gasteiger partial charge in [-0.2, -0.15) is 0 Å². The molecule has 0 aromatic heterocycles. The average molecular weight is 327 g/mol. The Labute approximate surface area is 141 Å². The van der Waals surface area contributed by atoms with Gasteiger partial charge in [0.05, 0.1) is 5.69 Å². The number of likely N-dealkylation sites (tertiary alicyclic amines) is 1. The van der Waals surface area contributed by atoms with E-state index in [1.807, 2.05) is 18.2 Å². The van der Waals surface area contributed by atoms with Gasteiger partial charge in [-0.15, -0.1) is 0 Å². The first-order valence-corrected chi connectivity index (χ1v) is 8.24. The molecule has 1 heterocycles. The van der Waals surface area contributed by atoms with E-state index in [1.165, 1.54) is 17.7 Å². The van der Waals surface area contributed by atoms with Crippen molar-refractivity contribution in [3.05, 3.63) is 65.5 Å². The highest BCUT2D eigenvalue weighted by atomic mass is 19.1. The first-order chi connectivity index (χ1) is 11.6. The third-order valence-electron chi connectivity index (χ3n) is 4.43. The van der Waals surface area contributed by atoms with Crippen LogP contribution in [0.1, 0.15) is 28.8 Å². The van der Waals surface area contributed by atoms with Crippen LogP contribution in [0.2, 0.25) is 0 Å². The molecule has 5 heteroatoms. The van der Waals surface area contributed by atoms with Gasteiger partial charge in [-0.25, -0.2) is 4.39 Å². The topological polar surface area (TPSA) is 58.4 Å². The van der Waals surface area contributed by atoms with Gasteiger partial charge in [0.15, 0.2) is 0 Å². The fraction of sp³-hybridized carbons (Fsp3) is 0.316. The number of hydrogen-bond donors (Lipinski definition) is 2. The molecule has 3 rings (SSSR count). The van der Waals surface area contributed by atoms with Crippen LogP contribution >= 0.6 is 0 Å². The predicted molar refractivity (Wildman–Crippen MR) is 93.0 cm³/mol. The molecule has 0 spiro atoms. The minimum atomic E-state index is -0.555. The van der Waals surface area contributed by atoms with Crippen LogP contribution in [0.15, 0.2) is 48.5 Å². The van der Waals surface area contributed by atoms with Crippen LogP contribution in [-0.2, 0) is 6.54 Å². The molecule has 0 atom stereocenters. The van der Waals surface area contributed by atoms with E-state index in [-0.39, 0.29) is 17.6 Å². The number of rotatable bonds is 4. The fourth-order valence-corrected chi connectivity index (χ4v) is 3.01. The molecule has 3 N–H and O–H groups in total. The molecule has 126 valence electrons. The molecule has 0 radical (unpaired) electrons. The number of nitrogen functional groups attached to an aromatic ring is 1. The van der Waals surface area contributed by atoms with Gasteiger partial charge in [-0.1, -0.05) is 30.3 Å². The summed E-state index contributed by atoms with van der Waals surface area (Å²) in [5, 5.41) is 2.99. The minimum Gasteiger partial charge on any atom is -0.396 e. The Morgan fingerprint density at radius 1 is 1.17 bits per heavy atom. The van der Waals surface area contributed by atoms with E-state index >= 15 is 0 Å². The number of anilines is 1. The fourth-order valence-electron chi connectivity index (χ4n) is 3.01. The van der Waals surface area contributed by atoms with Crippen molar-refractivity contribution >= 4 is 11.6 Å². The zero-order chi connectivity index (χ0) is 16.9. The van der Waals surface area contributed by atoms with Crippen molar-refractivity contribution in [1.82, 2.24) is 10.2 Å². The van der Waals surface area contributed by atoms with Gasteiger partial charge in [0.1, 0.15) is 5.82 Å². The van der Waals surface area contributed by atoms with E-state index in [1.54, 1.807) is 6.07 Å². The van der Waals surface area contributed by atoms with Gasteiger partial charge in [0.25, 0.3) is 5.91 Å². The highest BCUT2D eigenvalue weighted by Crippen LogP contribution is 2.16. The number of amides is 1. The van der Waals surface area contributed by atoms with Crippen LogP contribution < -0.4 is 11.1 Å². The van der Waals surface area contributed by atoms with Crippen LogP contribution in [0, 0.1) is 5.82 Å². The van der Waals surface area contributed by atoms with Crippen molar-refractivity contribution in [3.8, 4) is 0 Å². The lowest BCUT2D eigenvalue weighted by Gasteiger charge is -2.32. The van der Waals surface area contributed by atoms with Crippen LogP contribution in [0.5, 0.6) is 0 Å². The van der Waals surface area contributed by atoms with E-state index in [9.17, 15) is 9.18 Å². The molecule has 24 heavy (non-hydrogen) atoms. The van der Waals surface area contributed by atoms with Crippen molar-refractivity contribution in [2.75, 3.05) is 18.8 Å². The first-order valence-electron chi connectivity index (χ1n) is 8.24. The molecule has 0 saturated carbocycles. The lowest BCUT2D eigenvalue weighted by Crippen LogP contribution is -2.44. The second-order valence-electron chi connectivity index (χ2n) is 6.25. The Balaban J connectivity index is 1.50. The molecule has 0 unspecified atom stereocenters. The van der Waals surface area contributed by atoms with Crippen molar-refractivity contribution in [3.63, 3.8) is 0 Å². The smallest absolute Gasteiger partial charge is 0.251 e. The van der Waals surface area contributed by atoms with Crippen molar-refractivity contribution in [1.29, 1.82) is 0 Å². The van der Waals surface area contributed by atoms with Gasteiger partial charge < -0.3 is 11.1 Å². The Morgan fingerprint density at radius 2 is 1.88 bits per heavy atom. The average Bonchev–Trinajstić information content (AvgIpc) is 2.60. The van der Waals surface area contributed by atoms with Crippen molar-refractivity contribution < 1.29 is 9.18 Å². The second kappa shape index (κ2) is 7.45. The van der Waals surface area contributed by atoms with Crippen LogP contribution in [0.3, 0.4) is 0 Å². The number of benzene rings is 2. The highest BCUT2D eigenvalue weighted by Gasteiger charge is 2.21. The van der Waals surface area contributed by atoms with E-state index < -0.39 is 5.82 Å². The van der Waals surface area contributed by atoms with Crippen molar-refractivity contribution in [2.45, 2.75) is 25.4 Å². The van der Waals surface area contributed by atoms with E-state index in [0.717, 1.165) is 32.5 Å². The lowest BCUT2D eigenvalue weighted by molar-refractivity contribution is 0.0908. The molecule has 0 bridgehead atoms. The molecule has 1 fully saturated rings. The maximum absolute atomic E-state index is 13.5. The second-order valence-corrected chi connectivity index (χ2v) is 6.25. The standard InChI is InChI=1S/C19H22FN3O/c20-17-12-15(6-7-18(17)21)19(24)22-16-8-10-23(11-9-16)13-14-4-2-1-3-5-14/h1-7,12,16H,8-11,13,21H2,(H,22,24). The molecule has 1 aliphatic rings. The number of nitrogens with zero attached hydrogens (tertiary/aromatic N) is 1. The molecule has 2 aromatic rings. The SMILES string of the molecule is Nc1ccc(C(=O)NC2CCN(Cc3ccccc3)CC2)cc1F. The van der Waals surface area contributed by atoms with Crippen LogP contribution in [0.4, 0.5) is 10.1 Å². The number of nitrogens with one attached hydrogen (secondary N) is 1. The molecule has 1 amide bonds. The molecular weight excluding hydrogens is 305 g/mol. The summed E-state index contributed by atoms with van der Waals surface area (Å²) >= 11 is 0. The summed E-state index contributed by atoms with van der Waals surface area (Å²) in [6.07, 6.45) is 1.80. The van der Waals surface area contributed by atoms with Crippen molar-refractivity contribution in [2.24, 2.45) is 0 Å². The monoisotopic (exact) mass is 327 g/mol. The maximum Gasteiger partial charge on any atom is 0.251 e. The Hall–Kier alpha value is -2.40. The number of nitrogens with two attached hydrogens (primary N) is 1. The number of carbonyl (C=O) groups excluding carboxylic acids is 1. The third-order valence-corrected chi connectivity index (χ3v) is 4.43. The molecule has 1 saturated heterocycles. The number of piperidine rings is 1. The number of halogens is 1. The van der Waals surface area contributed by atoms with E-state index in [4.69, 9.17) is 5.73 Å². The maximum atomic E-state index is 13.5. The zero-order valence-corrected chi connectivity index (χ0v) is 13.5. The summed E-state index contributed by atoms with van der Waals surface area (Å²) in [5.41, 5.74) is 7.11. The Bertz CT molecular complexity index is 697. The highest BCUT2D eigenvalue weighted by molar-refractivity contribution is 5.94. The van der Waals surface area contributed by atoms with Gasteiger partial charge >= 0.3 is 0 Å². The summed E-state index contributed by atoms with van der Waals surface area (Å²) in [4.78, 5) is 14.6. The van der Waals surface area contributed by atoms with Gasteiger partial charge in [0, 0.05) is 31.2 Å². The largest absolute Gasteiger partial charge is 0.396 e. The summed E-state index contributed by atoms with van der Waals surface area (Å²) < 4.78 is 13.5. The quantitative estimate of drug-likeness (QED) is 0.849. The molecule has 2 aromatic carbocycles. The number of hydrogen-bond acceptors (Lipinski definition) is 3.